The van der Waals surface area contributed by atoms with Crippen LogP contribution in [0.2, 0.25) is 0 Å². The second-order valence-electron chi connectivity index (χ2n) is 5.87. The van der Waals surface area contributed by atoms with E-state index in [2.05, 4.69) is 43.4 Å². The SMILES string of the molecule is CCCNC(c1ccc(CC)cc1)C(C)S(=O)(=O)C(C)C. The average Bonchev–Trinajstić information content (AvgIpc) is 2.47. The van der Waals surface area contributed by atoms with Crippen molar-refractivity contribution in [2.24, 2.45) is 0 Å². The van der Waals surface area contributed by atoms with Gasteiger partial charge in [0.1, 0.15) is 0 Å². The summed E-state index contributed by atoms with van der Waals surface area (Å²) in [6.07, 6.45) is 1.98. The van der Waals surface area contributed by atoms with Crippen LogP contribution in [0, 0.1) is 0 Å². The lowest BCUT2D eigenvalue weighted by atomic mass is 10.0. The zero-order chi connectivity index (χ0) is 16.0. The van der Waals surface area contributed by atoms with Crippen molar-refractivity contribution in [3.8, 4) is 0 Å². The van der Waals surface area contributed by atoms with E-state index in [-0.39, 0.29) is 11.3 Å². The molecular formula is C17H29NO2S. The van der Waals surface area contributed by atoms with Crippen LogP contribution in [0.15, 0.2) is 24.3 Å². The van der Waals surface area contributed by atoms with Gasteiger partial charge in [-0.3, -0.25) is 0 Å². The molecule has 1 aromatic rings. The van der Waals surface area contributed by atoms with Gasteiger partial charge in [0.2, 0.25) is 0 Å². The first-order valence-electron chi connectivity index (χ1n) is 7.89. The zero-order valence-electron chi connectivity index (χ0n) is 13.9. The molecule has 21 heavy (non-hydrogen) atoms. The largest absolute Gasteiger partial charge is 0.309 e. The van der Waals surface area contributed by atoms with Crippen LogP contribution < -0.4 is 5.32 Å². The fourth-order valence-electron chi connectivity index (χ4n) is 2.43. The van der Waals surface area contributed by atoms with Gasteiger partial charge >= 0.3 is 0 Å². The van der Waals surface area contributed by atoms with Gasteiger partial charge in [-0.1, -0.05) is 38.1 Å². The van der Waals surface area contributed by atoms with E-state index < -0.39 is 15.1 Å². The fourth-order valence-corrected chi connectivity index (χ4v) is 3.93. The van der Waals surface area contributed by atoms with Gasteiger partial charge in [-0.2, -0.15) is 0 Å². The first kappa shape index (κ1) is 18.2. The molecule has 0 bridgehead atoms. The molecule has 0 radical (unpaired) electrons. The van der Waals surface area contributed by atoms with Crippen molar-refractivity contribution in [3.05, 3.63) is 35.4 Å². The lowest BCUT2D eigenvalue weighted by molar-refractivity contribution is 0.494. The Kier molecular flexibility index (Phi) is 6.88. The molecule has 3 nitrogen and oxygen atoms in total. The number of sulfone groups is 1. The molecule has 0 aliphatic carbocycles. The monoisotopic (exact) mass is 311 g/mol. The second kappa shape index (κ2) is 7.95. The van der Waals surface area contributed by atoms with Crippen LogP contribution in [0.3, 0.4) is 0 Å². The van der Waals surface area contributed by atoms with Crippen molar-refractivity contribution in [2.75, 3.05) is 6.54 Å². The third-order valence-electron chi connectivity index (χ3n) is 4.01. The minimum absolute atomic E-state index is 0.150. The van der Waals surface area contributed by atoms with E-state index in [1.165, 1.54) is 5.56 Å². The summed E-state index contributed by atoms with van der Waals surface area (Å²) in [4.78, 5) is 0. The maximum absolute atomic E-state index is 12.5. The van der Waals surface area contributed by atoms with Crippen LogP contribution in [0.5, 0.6) is 0 Å². The summed E-state index contributed by atoms with van der Waals surface area (Å²) in [6, 6.07) is 8.13. The summed E-state index contributed by atoms with van der Waals surface area (Å²) in [7, 11) is -3.13. The molecule has 2 atom stereocenters. The summed E-state index contributed by atoms with van der Waals surface area (Å²) in [5.74, 6) is 0. The van der Waals surface area contributed by atoms with Crippen molar-refractivity contribution in [3.63, 3.8) is 0 Å². The highest BCUT2D eigenvalue weighted by Gasteiger charge is 2.32. The maximum atomic E-state index is 12.5. The molecule has 0 saturated heterocycles. The minimum atomic E-state index is -3.13. The molecule has 0 heterocycles. The normalized spacial score (nSPS) is 15.1. The lowest BCUT2D eigenvalue weighted by Gasteiger charge is -2.27. The molecule has 0 saturated carbocycles. The summed E-state index contributed by atoms with van der Waals surface area (Å²) >= 11 is 0. The predicted molar refractivity (Wildman–Crippen MR) is 90.4 cm³/mol. The minimum Gasteiger partial charge on any atom is -0.309 e. The highest BCUT2D eigenvalue weighted by Crippen LogP contribution is 2.25. The summed E-state index contributed by atoms with van der Waals surface area (Å²) in [5.41, 5.74) is 2.32. The van der Waals surface area contributed by atoms with Crippen molar-refractivity contribution < 1.29 is 8.42 Å². The molecule has 1 rings (SSSR count). The van der Waals surface area contributed by atoms with Gasteiger partial charge in [-0.25, -0.2) is 8.42 Å². The molecule has 0 aliphatic rings. The van der Waals surface area contributed by atoms with Crippen molar-refractivity contribution >= 4 is 9.84 Å². The van der Waals surface area contributed by atoms with Crippen molar-refractivity contribution in [1.29, 1.82) is 0 Å². The zero-order valence-corrected chi connectivity index (χ0v) is 14.7. The third kappa shape index (κ3) is 4.55. The van der Waals surface area contributed by atoms with E-state index in [4.69, 9.17) is 0 Å². The molecule has 0 fully saturated rings. The summed E-state index contributed by atoms with van der Waals surface area (Å²) in [6.45, 7) is 10.3. The van der Waals surface area contributed by atoms with Crippen LogP contribution in [0.4, 0.5) is 0 Å². The number of rotatable bonds is 8. The van der Waals surface area contributed by atoms with E-state index in [1.807, 2.05) is 6.92 Å². The van der Waals surface area contributed by atoms with E-state index in [1.54, 1.807) is 13.8 Å². The average molecular weight is 311 g/mol. The molecule has 0 aliphatic heterocycles. The van der Waals surface area contributed by atoms with Crippen LogP contribution >= 0.6 is 0 Å². The quantitative estimate of drug-likeness (QED) is 0.799. The third-order valence-corrected chi connectivity index (χ3v) is 6.63. The highest BCUT2D eigenvalue weighted by atomic mass is 32.2. The number of nitrogens with one attached hydrogen (secondary N) is 1. The molecule has 120 valence electrons. The van der Waals surface area contributed by atoms with Gasteiger partial charge in [0.05, 0.1) is 10.5 Å². The first-order chi connectivity index (χ1) is 9.84. The van der Waals surface area contributed by atoms with Crippen LogP contribution in [-0.4, -0.2) is 25.5 Å². The van der Waals surface area contributed by atoms with Crippen LogP contribution in [-0.2, 0) is 16.3 Å². The first-order valence-corrected chi connectivity index (χ1v) is 9.50. The Bertz CT molecular complexity index is 520. The Balaban J connectivity index is 3.09. The second-order valence-corrected chi connectivity index (χ2v) is 8.73. The van der Waals surface area contributed by atoms with Gasteiger partial charge in [0, 0.05) is 6.04 Å². The van der Waals surface area contributed by atoms with Crippen LogP contribution in [0.25, 0.3) is 0 Å². The van der Waals surface area contributed by atoms with E-state index >= 15 is 0 Å². The molecule has 1 N–H and O–H groups in total. The smallest absolute Gasteiger partial charge is 0.157 e. The van der Waals surface area contributed by atoms with E-state index in [0.717, 1.165) is 24.9 Å². The van der Waals surface area contributed by atoms with Gasteiger partial charge in [-0.15, -0.1) is 0 Å². The molecule has 1 aromatic carbocycles. The van der Waals surface area contributed by atoms with Gasteiger partial charge in [-0.05, 0) is 51.3 Å². The molecular weight excluding hydrogens is 282 g/mol. The number of hydrogen-bond donors (Lipinski definition) is 1. The Morgan fingerprint density at radius 1 is 1.05 bits per heavy atom. The molecule has 0 amide bonds. The highest BCUT2D eigenvalue weighted by molar-refractivity contribution is 7.92. The van der Waals surface area contributed by atoms with Crippen molar-refractivity contribution in [2.45, 2.75) is 64.0 Å². The van der Waals surface area contributed by atoms with E-state index in [0.29, 0.717) is 0 Å². The Hall–Kier alpha value is -0.870. The molecule has 0 aromatic heterocycles. The number of benzene rings is 1. The van der Waals surface area contributed by atoms with E-state index in [9.17, 15) is 8.42 Å². The topological polar surface area (TPSA) is 46.2 Å². The fraction of sp³-hybridized carbons (Fsp3) is 0.647. The molecule has 2 unspecified atom stereocenters. The Labute approximate surface area is 130 Å². The molecule has 0 spiro atoms. The van der Waals surface area contributed by atoms with Gasteiger partial charge < -0.3 is 5.32 Å². The maximum Gasteiger partial charge on any atom is 0.157 e. The predicted octanol–water partition coefficient (Wildman–Crippen LogP) is 3.50. The molecule has 4 heteroatoms. The summed E-state index contributed by atoms with van der Waals surface area (Å²) in [5, 5.41) is 2.62. The van der Waals surface area contributed by atoms with Crippen molar-refractivity contribution in [1.82, 2.24) is 5.32 Å². The number of aryl methyl sites for hydroxylation is 1. The van der Waals surface area contributed by atoms with Gasteiger partial charge in [0.15, 0.2) is 9.84 Å². The number of hydrogen-bond acceptors (Lipinski definition) is 3. The lowest BCUT2D eigenvalue weighted by Crippen LogP contribution is -2.38. The standard InChI is InChI=1S/C17H29NO2S/c1-6-12-18-17(14(5)21(19,20)13(3)4)16-10-8-15(7-2)9-11-16/h8-11,13-14,17-18H,6-7,12H2,1-5H3. The summed E-state index contributed by atoms with van der Waals surface area (Å²) < 4.78 is 25.0. The van der Waals surface area contributed by atoms with Crippen LogP contribution in [0.1, 0.15) is 58.2 Å². The van der Waals surface area contributed by atoms with Gasteiger partial charge in [0.25, 0.3) is 0 Å². The Morgan fingerprint density at radius 2 is 1.62 bits per heavy atom. The Morgan fingerprint density at radius 3 is 2.05 bits per heavy atom.